The first-order chi connectivity index (χ1) is 33.2. The molecule has 1 aliphatic carbocycles. The molecular weight excluding hydrogens is 831 g/mol. The molecule has 0 N–H and O–H groups in total. The van der Waals surface area contributed by atoms with Crippen molar-refractivity contribution in [1.29, 1.82) is 10.5 Å². The van der Waals surface area contributed by atoms with Gasteiger partial charge in [0.2, 0.25) is 0 Å². The Hall–Kier alpha value is -8.78. The highest BCUT2D eigenvalue weighted by Crippen LogP contribution is 2.65. The molecule has 0 bridgehead atoms. The van der Waals surface area contributed by atoms with Crippen molar-refractivity contribution >= 4 is 51.2 Å². The molecule has 2 aromatic heterocycles. The molecule has 4 aliphatic rings. The van der Waals surface area contributed by atoms with Crippen LogP contribution < -0.4 is 14.7 Å². The number of hydrogen-bond acceptors (Lipinski definition) is 7. The van der Waals surface area contributed by atoms with Crippen LogP contribution in [0.1, 0.15) is 83.3 Å². The highest BCUT2D eigenvalue weighted by atomic mass is 15.2. The zero-order valence-corrected chi connectivity index (χ0v) is 38.0. The maximum Gasteiger partial charge on any atom is 0.101 e. The maximum atomic E-state index is 10.7. The second-order valence-corrected chi connectivity index (χ2v) is 19.3. The van der Waals surface area contributed by atoms with Crippen LogP contribution in [-0.2, 0) is 16.2 Å². The SMILES string of the molecule is CC1(C)c2ccccc2N(c2ccc3c(c2)C2(c4cc(N5c6ccccc6C(C)(C)c6ccccc65)ccc4N3c3ccccc3)c3cc(C#N)cnc3-c3ncc(C#N)cc32)c2ccccc21. The average molecular weight is 874 g/mol. The Morgan fingerprint density at radius 1 is 0.353 bits per heavy atom. The highest BCUT2D eigenvalue weighted by molar-refractivity contribution is 5.98. The predicted molar refractivity (Wildman–Crippen MR) is 271 cm³/mol. The minimum Gasteiger partial charge on any atom is -0.310 e. The van der Waals surface area contributed by atoms with Crippen molar-refractivity contribution in [2.24, 2.45) is 0 Å². The van der Waals surface area contributed by atoms with Crippen LogP contribution in [0.3, 0.4) is 0 Å². The van der Waals surface area contributed by atoms with E-state index in [0.717, 1.165) is 73.4 Å². The number of aromatic nitrogens is 2. The van der Waals surface area contributed by atoms with Crippen molar-refractivity contribution in [1.82, 2.24) is 9.97 Å². The topological polar surface area (TPSA) is 83.1 Å². The maximum absolute atomic E-state index is 10.7. The molecule has 0 saturated heterocycles. The van der Waals surface area contributed by atoms with E-state index in [1.165, 1.54) is 22.3 Å². The second kappa shape index (κ2) is 14.1. The number of fused-ring (bicyclic) bond motifs is 13. The Labute approximate surface area is 396 Å². The standard InChI is InChI=1S/C61H43N7/c1-59(2)43-18-8-12-22-51(43)67(52-23-13-9-19-44(52)59)41-26-28-55-47(32-41)61(49-30-38(34-62)36-64-57(49)58-50(61)31-39(35-63)37-65-58)48-33-42(27-29-56(48)66(55)40-16-6-5-7-17-40)68-53-24-14-10-20-45(53)60(3,4)46-21-11-15-25-54(46)68/h5-33,36-37H,1-4H3. The highest BCUT2D eigenvalue weighted by Gasteiger charge is 2.54. The zero-order valence-electron chi connectivity index (χ0n) is 38.0. The Balaban J connectivity index is 1.18. The fourth-order valence-electron chi connectivity index (χ4n) is 12.1. The van der Waals surface area contributed by atoms with Crippen LogP contribution in [0.2, 0.25) is 0 Å². The van der Waals surface area contributed by atoms with E-state index in [0.29, 0.717) is 22.5 Å². The summed E-state index contributed by atoms with van der Waals surface area (Å²) in [6.45, 7) is 9.23. The number of nitriles is 2. The van der Waals surface area contributed by atoms with Crippen LogP contribution in [0.15, 0.2) is 188 Å². The van der Waals surface area contributed by atoms with Crippen molar-refractivity contribution in [3.63, 3.8) is 0 Å². The van der Waals surface area contributed by atoms with Gasteiger partial charge < -0.3 is 14.7 Å². The summed E-state index contributed by atoms with van der Waals surface area (Å²) in [7, 11) is 0. The van der Waals surface area contributed by atoms with E-state index in [2.05, 4.69) is 218 Å². The van der Waals surface area contributed by atoms with Crippen LogP contribution >= 0.6 is 0 Å². The largest absolute Gasteiger partial charge is 0.310 e. The van der Waals surface area contributed by atoms with Crippen molar-refractivity contribution in [3.8, 4) is 23.5 Å². The van der Waals surface area contributed by atoms with Crippen LogP contribution in [0.4, 0.5) is 51.2 Å². The fraction of sp³-hybridized carbons (Fsp3) is 0.115. The number of pyridine rings is 2. The van der Waals surface area contributed by atoms with Gasteiger partial charge in [0.1, 0.15) is 12.1 Å². The first-order valence-electron chi connectivity index (χ1n) is 23.1. The number of nitrogens with zero attached hydrogens (tertiary/aromatic N) is 7. The fourth-order valence-corrected chi connectivity index (χ4v) is 12.1. The molecule has 0 unspecified atom stereocenters. The molecule has 0 fully saturated rings. The number of anilines is 9. The lowest BCUT2D eigenvalue weighted by atomic mass is 9.64. The van der Waals surface area contributed by atoms with E-state index in [1.54, 1.807) is 12.4 Å². The van der Waals surface area contributed by atoms with Crippen LogP contribution in [0.5, 0.6) is 0 Å². The molecule has 7 nitrogen and oxygen atoms in total. The van der Waals surface area contributed by atoms with Gasteiger partial charge in [0.05, 0.1) is 62.1 Å². The minimum absolute atomic E-state index is 0.248. The Bertz CT molecular complexity index is 3380. The molecule has 7 aromatic carbocycles. The van der Waals surface area contributed by atoms with Gasteiger partial charge in [-0.1, -0.05) is 119 Å². The molecule has 0 saturated carbocycles. The van der Waals surface area contributed by atoms with Gasteiger partial charge in [-0.25, -0.2) is 0 Å². The quantitative estimate of drug-likeness (QED) is 0.175. The molecular formula is C61H43N7. The van der Waals surface area contributed by atoms with Crippen LogP contribution in [0.25, 0.3) is 11.4 Å². The molecule has 5 heterocycles. The summed E-state index contributed by atoms with van der Waals surface area (Å²) < 4.78 is 0. The van der Waals surface area contributed by atoms with E-state index in [9.17, 15) is 10.5 Å². The lowest BCUT2D eigenvalue weighted by Crippen LogP contribution is -2.37. The Kier molecular flexibility index (Phi) is 8.21. The molecule has 3 aliphatic heterocycles. The van der Waals surface area contributed by atoms with Crippen LogP contribution in [0, 0.1) is 22.7 Å². The smallest absolute Gasteiger partial charge is 0.101 e. The summed E-state index contributed by atoms with van der Waals surface area (Å²) >= 11 is 0. The molecule has 13 rings (SSSR count). The Morgan fingerprint density at radius 2 is 0.691 bits per heavy atom. The summed E-state index contributed by atoms with van der Waals surface area (Å²) in [5, 5.41) is 21.3. The van der Waals surface area contributed by atoms with Crippen molar-refractivity contribution < 1.29 is 0 Å². The summed E-state index contributed by atoms with van der Waals surface area (Å²) in [5.74, 6) is 0. The van der Waals surface area contributed by atoms with Gasteiger partial charge in [-0.3, -0.25) is 9.97 Å². The number of benzene rings is 7. The second-order valence-electron chi connectivity index (χ2n) is 19.3. The lowest BCUT2D eigenvalue weighted by molar-refractivity contribution is 0.632. The van der Waals surface area contributed by atoms with E-state index >= 15 is 0 Å². The average Bonchev–Trinajstić information content (AvgIpc) is 3.66. The number of rotatable bonds is 3. The molecule has 0 atom stereocenters. The van der Waals surface area contributed by atoms with E-state index in [-0.39, 0.29) is 10.8 Å². The normalized spacial score (nSPS) is 15.6. The monoisotopic (exact) mass is 873 g/mol. The van der Waals surface area contributed by atoms with E-state index in [1.807, 2.05) is 12.1 Å². The molecule has 7 heteroatoms. The summed E-state index contributed by atoms with van der Waals surface area (Å²) in [5.41, 5.74) is 18.6. The molecule has 0 radical (unpaired) electrons. The molecule has 68 heavy (non-hydrogen) atoms. The first-order valence-corrected chi connectivity index (χ1v) is 23.1. The molecule has 9 aromatic rings. The van der Waals surface area contributed by atoms with Gasteiger partial charge in [0.15, 0.2) is 0 Å². The van der Waals surface area contributed by atoms with Crippen LogP contribution in [-0.4, -0.2) is 9.97 Å². The van der Waals surface area contributed by atoms with E-state index < -0.39 is 5.41 Å². The number of hydrogen-bond donors (Lipinski definition) is 0. The minimum atomic E-state index is -1.10. The van der Waals surface area contributed by atoms with Gasteiger partial charge >= 0.3 is 0 Å². The van der Waals surface area contributed by atoms with Crippen molar-refractivity contribution in [2.45, 2.75) is 43.9 Å². The zero-order chi connectivity index (χ0) is 46.1. The summed E-state index contributed by atoms with van der Waals surface area (Å²) in [6.07, 6.45) is 3.28. The van der Waals surface area contributed by atoms with E-state index in [4.69, 9.17) is 9.97 Å². The van der Waals surface area contributed by atoms with Gasteiger partial charge in [0, 0.05) is 51.4 Å². The third kappa shape index (κ3) is 5.16. The summed E-state index contributed by atoms with van der Waals surface area (Å²) in [6, 6.07) is 68.0. The molecule has 322 valence electrons. The molecule has 0 amide bonds. The first kappa shape index (κ1) is 39.6. The third-order valence-corrected chi connectivity index (χ3v) is 15.1. The lowest BCUT2D eigenvalue weighted by Gasteiger charge is -2.47. The van der Waals surface area contributed by atoms with Crippen molar-refractivity contribution in [2.75, 3.05) is 14.7 Å². The molecule has 1 spiro atoms. The van der Waals surface area contributed by atoms with Gasteiger partial charge in [0.25, 0.3) is 0 Å². The summed E-state index contributed by atoms with van der Waals surface area (Å²) in [4.78, 5) is 17.3. The number of para-hydroxylation sites is 5. The third-order valence-electron chi connectivity index (χ3n) is 15.1. The predicted octanol–water partition coefficient (Wildman–Crippen LogP) is 14.6. The Morgan fingerprint density at radius 3 is 1.07 bits per heavy atom. The van der Waals surface area contributed by atoms with Gasteiger partial charge in [-0.15, -0.1) is 0 Å². The van der Waals surface area contributed by atoms with Gasteiger partial charge in [-0.2, -0.15) is 10.5 Å². The van der Waals surface area contributed by atoms with Crippen molar-refractivity contribution in [3.05, 3.63) is 244 Å². The van der Waals surface area contributed by atoms with Gasteiger partial charge in [-0.05, 0) is 118 Å².